The molecule has 0 fully saturated rings. The number of sulfonamides is 1. The summed E-state index contributed by atoms with van der Waals surface area (Å²) in [7, 11) is -2.13. The Balaban J connectivity index is 1.99. The predicted octanol–water partition coefficient (Wildman–Crippen LogP) is 3.97. The van der Waals surface area contributed by atoms with E-state index in [9.17, 15) is 8.42 Å². The van der Waals surface area contributed by atoms with E-state index in [0.29, 0.717) is 17.3 Å². The van der Waals surface area contributed by atoms with Crippen molar-refractivity contribution in [1.29, 1.82) is 0 Å². The number of aryl methyl sites for hydroxylation is 2. The highest BCUT2D eigenvalue weighted by Gasteiger charge is 2.25. The zero-order valence-corrected chi connectivity index (χ0v) is 15.7. The van der Waals surface area contributed by atoms with E-state index in [0.717, 1.165) is 11.1 Å². The van der Waals surface area contributed by atoms with Gasteiger partial charge in [0.05, 0.1) is 12.0 Å². The topological polar surface area (TPSA) is 68.5 Å². The average Bonchev–Trinajstić information content (AvgIpc) is 3.06. The summed E-state index contributed by atoms with van der Waals surface area (Å²) in [5.41, 5.74) is 1.76. The molecule has 0 unspecified atom stereocenters. The molecule has 0 saturated carbocycles. The van der Waals surface area contributed by atoms with Crippen molar-refractivity contribution >= 4 is 10.0 Å². The SMILES string of the molecule is COc1ccc([C@H](NS(=O)(=O)c2ccc(C)cc2)c2ccc(C)o2)cc1. The molecular weight excluding hydrogens is 350 g/mol. The lowest BCUT2D eigenvalue weighted by Gasteiger charge is -2.18. The van der Waals surface area contributed by atoms with Crippen molar-refractivity contribution in [3.8, 4) is 5.75 Å². The van der Waals surface area contributed by atoms with E-state index in [1.165, 1.54) is 0 Å². The minimum atomic E-state index is -3.72. The van der Waals surface area contributed by atoms with E-state index in [4.69, 9.17) is 9.15 Å². The molecule has 0 saturated heterocycles. The number of benzene rings is 2. The third kappa shape index (κ3) is 3.98. The molecule has 26 heavy (non-hydrogen) atoms. The number of hydrogen-bond donors (Lipinski definition) is 1. The van der Waals surface area contributed by atoms with E-state index in [2.05, 4.69) is 4.72 Å². The van der Waals surface area contributed by atoms with Crippen molar-refractivity contribution in [3.63, 3.8) is 0 Å². The normalized spacial score (nSPS) is 12.7. The Hall–Kier alpha value is -2.57. The zero-order valence-electron chi connectivity index (χ0n) is 14.9. The number of methoxy groups -OCH3 is 1. The molecule has 3 rings (SSSR count). The third-order valence-electron chi connectivity index (χ3n) is 4.10. The zero-order chi connectivity index (χ0) is 18.7. The van der Waals surface area contributed by atoms with Gasteiger partial charge in [-0.25, -0.2) is 8.42 Å². The summed E-state index contributed by atoms with van der Waals surface area (Å²) >= 11 is 0. The summed E-state index contributed by atoms with van der Waals surface area (Å²) in [5, 5.41) is 0. The van der Waals surface area contributed by atoms with Crippen molar-refractivity contribution in [3.05, 3.63) is 83.3 Å². The molecule has 3 aromatic rings. The highest BCUT2D eigenvalue weighted by Crippen LogP contribution is 2.27. The smallest absolute Gasteiger partial charge is 0.241 e. The van der Waals surface area contributed by atoms with Gasteiger partial charge >= 0.3 is 0 Å². The minimum absolute atomic E-state index is 0.213. The second-order valence-electron chi connectivity index (χ2n) is 6.09. The summed E-state index contributed by atoms with van der Waals surface area (Å²) in [4.78, 5) is 0.213. The van der Waals surface area contributed by atoms with Gasteiger partial charge in [0.1, 0.15) is 23.3 Å². The molecular formula is C20H21NO4S. The maximum Gasteiger partial charge on any atom is 0.241 e. The molecule has 5 nitrogen and oxygen atoms in total. The molecule has 0 aliphatic heterocycles. The number of ether oxygens (including phenoxy) is 1. The summed E-state index contributed by atoms with van der Waals surface area (Å²) < 4.78 is 39.3. The lowest BCUT2D eigenvalue weighted by atomic mass is 10.1. The molecule has 2 aromatic carbocycles. The van der Waals surface area contributed by atoms with E-state index in [1.54, 1.807) is 49.6 Å². The van der Waals surface area contributed by atoms with E-state index >= 15 is 0 Å². The van der Waals surface area contributed by atoms with Gasteiger partial charge in [-0.05, 0) is 55.8 Å². The number of hydrogen-bond acceptors (Lipinski definition) is 4. The first-order chi connectivity index (χ1) is 12.4. The van der Waals surface area contributed by atoms with Crippen LogP contribution in [0.4, 0.5) is 0 Å². The van der Waals surface area contributed by atoms with E-state index < -0.39 is 16.1 Å². The summed E-state index contributed by atoms with van der Waals surface area (Å²) in [6.45, 7) is 3.73. The van der Waals surface area contributed by atoms with Crippen molar-refractivity contribution < 1.29 is 17.6 Å². The summed E-state index contributed by atoms with van der Waals surface area (Å²) in [6.07, 6.45) is 0. The fraction of sp³-hybridized carbons (Fsp3) is 0.200. The molecule has 1 atom stereocenters. The van der Waals surface area contributed by atoms with Gasteiger partial charge in [0.15, 0.2) is 0 Å². The molecule has 0 spiro atoms. The van der Waals surface area contributed by atoms with Crippen LogP contribution in [0.3, 0.4) is 0 Å². The fourth-order valence-corrected chi connectivity index (χ4v) is 3.83. The van der Waals surface area contributed by atoms with E-state index in [1.807, 2.05) is 32.0 Å². The Kier molecular flexibility index (Phi) is 5.15. The molecule has 0 aliphatic carbocycles. The Morgan fingerprint density at radius 2 is 1.58 bits per heavy atom. The molecule has 0 radical (unpaired) electrons. The number of nitrogens with one attached hydrogen (secondary N) is 1. The highest BCUT2D eigenvalue weighted by atomic mass is 32.2. The maximum absolute atomic E-state index is 12.9. The van der Waals surface area contributed by atoms with Crippen LogP contribution in [0.25, 0.3) is 0 Å². The van der Waals surface area contributed by atoms with Crippen LogP contribution >= 0.6 is 0 Å². The second-order valence-corrected chi connectivity index (χ2v) is 7.80. The highest BCUT2D eigenvalue weighted by molar-refractivity contribution is 7.89. The first kappa shape index (κ1) is 18.2. The Morgan fingerprint density at radius 3 is 2.12 bits per heavy atom. The summed E-state index contributed by atoms with van der Waals surface area (Å²) in [6, 6.07) is 16.9. The van der Waals surface area contributed by atoms with Crippen LogP contribution in [-0.2, 0) is 10.0 Å². The molecule has 1 aromatic heterocycles. The molecule has 1 N–H and O–H groups in total. The van der Waals surface area contributed by atoms with Gasteiger partial charge in [-0.1, -0.05) is 29.8 Å². The standard InChI is InChI=1S/C20H21NO4S/c1-14-4-11-18(12-5-14)26(22,23)21-20(19-13-6-15(2)25-19)16-7-9-17(24-3)10-8-16/h4-13,20-21H,1-3H3/t20-/m0/s1. The van der Waals surface area contributed by atoms with Crippen LogP contribution in [0, 0.1) is 13.8 Å². The van der Waals surface area contributed by atoms with Gasteiger partial charge in [0.2, 0.25) is 10.0 Å². The van der Waals surface area contributed by atoms with Crippen molar-refractivity contribution in [2.45, 2.75) is 24.8 Å². The number of rotatable bonds is 6. The molecule has 1 heterocycles. The monoisotopic (exact) mass is 371 g/mol. The fourth-order valence-electron chi connectivity index (χ4n) is 2.64. The minimum Gasteiger partial charge on any atom is -0.497 e. The van der Waals surface area contributed by atoms with Gasteiger partial charge in [-0.2, -0.15) is 4.72 Å². The first-order valence-corrected chi connectivity index (χ1v) is 9.66. The summed E-state index contributed by atoms with van der Waals surface area (Å²) in [5.74, 6) is 1.95. The van der Waals surface area contributed by atoms with Crippen LogP contribution in [0.15, 0.2) is 70.0 Å². The Morgan fingerprint density at radius 1 is 0.923 bits per heavy atom. The quantitative estimate of drug-likeness (QED) is 0.712. The van der Waals surface area contributed by atoms with Crippen LogP contribution in [-0.4, -0.2) is 15.5 Å². The van der Waals surface area contributed by atoms with Crippen LogP contribution < -0.4 is 9.46 Å². The van der Waals surface area contributed by atoms with Crippen molar-refractivity contribution in [2.75, 3.05) is 7.11 Å². The van der Waals surface area contributed by atoms with Crippen molar-refractivity contribution in [2.24, 2.45) is 0 Å². The molecule has 136 valence electrons. The lowest BCUT2D eigenvalue weighted by Crippen LogP contribution is -2.29. The molecule has 0 aliphatic rings. The average molecular weight is 371 g/mol. The maximum atomic E-state index is 12.9. The van der Waals surface area contributed by atoms with Gasteiger partial charge in [-0.15, -0.1) is 0 Å². The molecule has 0 amide bonds. The predicted molar refractivity (Wildman–Crippen MR) is 99.8 cm³/mol. The van der Waals surface area contributed by atoms with Crippen LogP contribution in [0.1, 0.15) is 28.7 Å². The van der Waals surface area contributed by atoms with Crippen LogP contribution in [0.5, 0.6) is 5.75 Å². The Labute approximate surface area is 153 Å². The van der Waals surface area contributed by atoms with Gasteiger partial charge in [0.25, 0.3) is 0 Å². The largest absolute Gasteiger partial charge is 0.497 e. The van der Waals surface area contributed by atoms with Gasteiger partial charge in [-0.3, -0.25) is 0 Å². The van der Waals surface area contributed by atoms with Gasteiger partial charge in [0, 0.05) is 0 Å². The van der Waals surface area contributed by atoms with Crippen molar-refractivity contribution in [1.82, 2.24) is 4.72 Å². The lowest BCUT2D eigenvalue weighted by molar-refractivity contribution is 0.414. The van der Waals surface area contributed by atoms with E-state index in [-0.39, 0.29) is 4.90 Å². The molecule has 0 bridgehead atoms. The van der Waals surface area contributed by atoms with Gasteiger partial charge < -0.3 is 9.15 Å². The Bertz CT molecular complexity index is 973. The number of furan rings is 1. The molecule has 6 heteroatoms. The first-order valence-electron chi connectivity index (χ1n) is 8.18. The third-order valence-corrected chi connectivity index (χ3v) is 5.54. The second kappa shape index (κ2) is 7.35. The van der Waals surface area contributed by atoms with Crippen LogP contribution in [0.2, 0.25) is 0 Å².